The molecule has 0 fully saturated rings. The predicted octanol–water partition coefficient (Wildman–Crippen LogP) is 6.08. The van der Waals surface area contributed by atoms with Gasteiger partial charge in [-0.1, -0.05) is 30.3 Å². The second-order valence-corrected chi connectivity index (χ2v) is 7.93. The van der Waals surface area contributed by atoms with Gasteiger partial charge in [-0.05, 0) is 70.4 Å². The number of likely N-dealkylation sites (N-methyl/N-ethyl adjacent to an activating group) is 1. The quantitative estimate of drug-likeness (QED) is 0.400. The summed E-state index contributed by atoms with van der Waals surface area (Å²) in [5.74, 6) is 0.775. The van der Waals surface area contributed by atoms with Gasteiger partial charge in [0, 0.05) is 17.7 Å². The molecule has 1 aliphatic heterocycles. The number of amides is 1. The third kappa shape index (κ3) is 4.21. The molecule has 0 spiro atoms. The first-order valence-corrected chi connectivity index (χ1v) is 10.7. The van der Waals surface area contributed by atoms with Gasteiger partial charge in [-0.2, -0.15) is 0 Å². The second kappa shape index (κ2) is 8.94. The molecule has 0 N–H and O–H groups in total. The van der Waals surface area contributed by atoms with E-state index in [1.54, 1.807) is 24.1 Å². The van der Waals surface area contributed by atoms with Crippen molar-refractivity contribution in [1.82, 2.24) is 0 Å². The molecule has 0 bridgehead atoms. The minimum absolute atomic E-state index is 0.0181. The lowest BCUT2D eigenvalue weighted by Gasteiger charge is -2.14. The molecule has 3 aromatic carbocycles. The van der Waals surface area contributed by atoms with Gasteiger partial charge in [0.05, 0.1) is 17.3 Å². The molecule has 1 aliphatic rings. The average molecular weight is 482 g/mol. The molecule has 6 heteroatoms. The first kappa shape index (κ1) is 21.1. The minimum atomic E-state index is -0.287. The van der Waals surface area contributed by atoms with E-state index in [0.29, 0.717) is 28.1 Å². The number of carbonyl (C=O) groups excluding carboxylic acids is 1. The highest BCUT2D eigenvalue weighted by Gasteiger charge is 2.30. The number of anilines is 1. The molecular formula is C25H21BrFNO3. The van der Waals surface area contributed by atoms with Gasteiger partial charge in [0.1, 0.15) is 12.4 Å². The van der Waals surface area contributed by atoms with Crippen LogP contribution in [0.4, 0.5) is 10.1 Å². The maximum atomic E-state index is 13.1. The number of hydrogen-bond acceptors (Lipinski definition) is 3. The van der Waals surface area contributed by atoms with Crippen molar-refractivity contribution < 1.29 is 18.7 Å². The Morgan fingerprint density at radius 3 is 2.55 bits per heavy atom. The summed E-state index contributed by atoms with van der Waals surface area (Å²) in [6, 6.07) is 17.7. The Bertz CT molecular complexity index is 1160. The van der Waals surface area contributed by atoms with Crippen LogP contribution in [-0.2, 0) is 11.4 Å². The van der Waals surface area contributed by atoms with Crippen LogP contribution in [0.5, 0.6) is 11.5 Å². The lowest BCUT2D eigenvalue weighted by Crippen LogP contribution is -2.25. The first-order chi connectivity index (χ1) is 15.0. The van der Waals surface area contributed by atoms with E-state index in [4.69, 9.17) is 9.47 Å². The van der Waals surface area contributed by atoms with E-state index in [2.05, 4.69) is 15.9 Å². The fourth-order valence-electron chi connectivity index (χ4n) is 3.63. The number of carbonyl (C=O) groups is 1. The van der Waals surface area contributed by atoms with E-state index in [-0.39, 0.29) is 18.3 Å². The van der Waals surface area contributed by atoms with Gasteiger partial charge in [0.25, 0.3) is 5.91 Å². The number of hydrogen-bond donors (Lipinski definition) is 0. The molecule has 158 valence electrons. The monoisotopic (exact) mass is 481 g/mol. The fourth-order valence-corrected chi connectivity index (χ4v) is 4.20. The number of fused-ring (bicyclic) bond motifs is 1. The molecule has 0 saturated carbocycles. The van der Waals surface area contributed by atoms with E-state index >= 15 is 0 Å². The van der Waals surface area contributed by atoms with Gasteiger partial charge in [-0.25, -0.2) is 4.39 Å². The van der Waals surface area contributed by atoms with Crippen LogP contribution in [0.1, 0.15) is 23.6 Å². The van der Waals surface area contributed by atoms with E-state index in [1.807, 2.05) is 49.4 Å². The summed E-state index contributed by atoms with van der Waals surface area (Å²) < 4.78 is 25.3. The normalized spacial score (nSPS) is 14.1. The first-order valence-electron chi connectivity index (χ1n) is 9.89. The SMILES string of the molecule is CCN1C(=O)/C(=C\c2cc(Br)c(OCc3ccc(F)cc3)c(OC)c2)c2ccccc21. The van der Waals surface area contributed by atoms with Crippen LogP contribution in [0.2, 0.25) is 0 Å². The van der Waals surface area contributed by atoms with Crippen LogP contribution in [-0.4, -0.2) is 19.6 Å². The van der Waals surface area contributed by atoms with Gasteiger partial charge in [-0.15, -0.1) is 0 Å². The molecule has 0 aromatic heterocycles. The van der Waals surface area contributed by atoms with Crippen molar-refractivity contribution in [3.05, 3.63) is 87.6 Å². The Labute approximate surface area is 189 Å². The molecule has 31 heavy (non-hydrogen) atoms. The van der Waals surface area contributed by atoms with Crippen molar-refractivity contribution in [1.29, 1.82) is 0 Å². The van der Waals surface area contributed by atoms with E-state index in [0.717, 1.165) is 22.4 Å². The Kier molecular flexibility index (Phi) is 6.09. The van der Waals surface area contributed by atoms with E-state index in [1.165, 1.54) is 12.1 Å². The summed E-state index contributed by atoms with van der Waals surface area (Å²) in [7, 11) is 1.57. The number of rotatable bonds is 6. The zero-order chi connectivity index (χ0) is 22.0. The van der Waals surface area contributed by atoms with Crippen LogP contribution in [0.15, 0.2) is 65.1 Å². The number of benzene rings is 3. The summed E-state index contributed by atoms with van der Waals surface area (Å²) in [5, 5.41) is 0. The molecule has 0 aliphatic carbocycles. The fraction of sp³-hybridized carbons (Fsp3) is 0.160. The van der Waals surface area contributed by atoms with Gasteiger partial charge in [0.2, 0.25) is 0 Å². The highest BCUT2D eigenvalue weighted by atomic mass is 79.9. The Hall–Kier alpha value is -3.12. The smallest absolute Gasteiger partial charge is 0.258 e. The minimum Gasteiger partial charge on any atom is -0.493 e. The zero-order valence-corrected chi connectivity index (χ0v) is 18.8. The molecule has 1 amide bonds. The van der Waals surface area contributed by atoms with Crippen molar-refractivity contribution in [3.63, 3.8) is 0 Å². The molecule has 4 rings (SSSR count). The average Bonchev–Trinajstić information content (AvgIpc) is 3.04. The number of ether oxygens (including phenoxy) is 2. The number of halogens is 2. The Morgan fingerprint density at radius 2 is 1.84 bits per heavy atom. The highest BCUT2D eigenvalue weighted by Crippen LogP contribution is 2.41. The van der Waals surface area contributed by atoms with Crippen molar-refractivity contribution in [2.75, 3.05) is 18.6 Å². The molecule has 0 saturated heterocycles. The highest BCUT2D eigenvalue weighted by molar-refractivity contribution is 9.10. The lowest BCUT2D eigenvalue weighted by atomic mass is 10.0. The molecule has 3 aromatic rings. The predicted molar refractivity (Wildman–Crippen MR) is 124 cm³/mol. The van der Waals surface area contributed by atoms with Crippen LogP contribution in [0.3, 0.4) is 0 Å². The lowest BCUT2D eigenvalue weighted by molar-refractivity contribution is -0.112. The third-order valence-electron chi connectivity index (χ3n) is 5.14. The number of nitrogens with zero attached hydrogens (tertiary/aromatic N) is 1. The largest absolute Gasteiger partial charge is 0.493 e. The summed E-state index contributed by atoms with van der Waals surface area (Å²) in [5.41, 5.74) is 4.14. The van der Waals surface area contributed by atoms with Crippen LogP contribution in [0, 0.1) is 5.82 Å². The van der Waals surface area contributed by atoms with Gasteiger partial charge in [-0.3, -0.25) is 4.79 Å². The molecule has 0 atom stereocenters. The van der Waals surface area contributed by atoms with Gasteiger partial charge < -0.3 is 14.4 Å². The van der Waals surface area contributed by atoms with Crippen molar-refractivity contribution in [3.8, 4) is 11.5 Å². The Balaban J connectivity index is 1.65. The summed E-state index contributed by atoms with van der Waals surface area (Å²) >= 11 is 3.56. The standard InChI is InChI=1S/C25H21BrFNO3/c1-3-28-22-7-5-4-6-19(22)20(25(28)29)12-17-13-21(26)24(23(14-17)30-2)31-15-16-8-10-18(27)11-9-16/h4-14H,3,15H2,1-2H3/b20-12-. The van der Waals surface area contributed by atoms with Gasteiger partial charge >= 0.3 is 0 Å². The molecule has 4 nitrogen and oxygen atoms in total. The molecular weight excluding hydrogens is 461 g/mol. The van der Waals surface area contributed by atoms with Crippen molar-refractivity contribution in [2.45, 2.75) is 13.5 Å². The van der Waals surface area contributed by atoms with Crippen LogP contribution < -0.4 is 14.4 Å². The van der Waals surface area contributed by atoms with Crippen molar-refractivity contribution >= 4 is 39.2 Å². The Morgan fingerprint density at radius 1 is 1.10 bits per heavy atom. The van der Waals surface area contributed by atoms with Crippen LogP contribution >= 0.6 is 15.9 Å². The molecule has 0 radical (unpaired) electrons. The number of methoxy groups -OCH3 is 1. The second-order valence-electron chi connectivity index (χ2n) is 7.07. The molecule has 0 unspecified atom stereocenters. The van der Waals surface area contributed by atoms with E-state index < -0.39 is 0 Å². The van der Waals surface area contributed by atoms with Gasteiger partial charge in [0.15, 0.2) is 11.5 Å². The zero-order valence-electron chi connectivity index (χ0n) is 17.2. The maximum absolute atomic E-state index is 13.1. The van der Waals surface area contributed by atoms with E-state index in [9.17, 15) is 9.18 Å². The maximum Gasteiger partial charge on any atom is 0.258 e. The topological polar surface area (TPSA) is 38.8 Å². The van der Waals surface area contributed by atoms with Crippen LogP contribution in [0.25, 0.3) is 11.6 Å². The summed E-state index contributed by atoms with van der Waals surface area (Å²) in [6.45, 7) is 2.84. The summed E-state index contributed by atoms with van der Waals surface area (Å²) in [6.07, 6.45) is 1.87. The third-order valence-corrected chi connectivity index (χ3v) is 5.73. The van der Waals surface area contributed by atoms with Crippen molar-refractivity contribution in [2.24, 2.45) is 0 Å². The molecule has 1 heterocycles. The summed E-state index contributed by atoms with van der Waals surface area (Å²) in [4.78, 5) is 14.7. The number of para-hydroxylation sites is 1.